The van der Waals surface area contributed by atoms with Crippen LogP contribution in [0.1, 0.15) is 66.2 Å². The summed E-state index contributed by atoms with van der Waals surface area (Å²) in [6, 6.07) is 1.11. The van der Waals surface area contributed by atoms with Crippen LogP contribution >= 0.6 is 0 Å². The van der Waals surface area contributed by atoms with Gasteiger partial charge in [-0.1, -0.05) is 38.5 Å². The van der Waals surface area contributed by atoms with E-state index in [4.69, 9.17) is 0 Å². The second kappa shape index (κ2) is 7.74. The minimum atomic E-state index is -0.194. The fourth-order valence-electron chi connectivity index (χ4n) is 8.45. The molecule has 2 fully saturated rings. The number of hydrogen-bond donors (Lipinski definition) is 1. The monoisotopic (exact) mass is 414 g/mol. The number of fused-ring (bicyclic) bond motifs is 4. The van der Waals surface area contributed by atoms with Crippen LogP contribution in [0.2, 0.25) is 0 Å². The number of nitrogens with zero attached hydrogens (tertiary/aromatic N) is 2. The van der Waals surface area contributed by atoms with Crippen molar-refractivity contribution in [1.82, 2.24) is 9.80 Å². The van der Waals surface area contributed by atoms with E-state index in [1.807, 2.05) is 0 Å². The third kappa shape index (κ3) is 3.18. The molecule has 0 amide bonds. The molecule has 0 radical (unpaired) electrons. The highest BCUT2D eigenvalue weighted by atomic mass is 16.3. The Bertz CT molecular complexity index is 724. The Morgan fingerprint density at radius 3 is 2.40 bits per heavy atom. The normalized spacial score (nSPS) is 47.2. The number of aliphatic hydroxyl groups excluding tert-OH is 1. The van der Waals surface area contributed by atoms with Gasteiger partial charge in [0.2, 0.25) is 0 Å². The highest BCUT2D eigenvalue weighted by molar-refractivity contribution is 5.37. The lowest BCUT2D eigenvalue weighted by molar-refractivity contribution is -0.0223. The lowest BCUT2D eigenvalue weighted by atomic mass is 9.51. The van der Waals surface area contributed by atoms with Crippen molar-refractivity contribution in [3.63, 3.8) is 0 Å². The number of hydrogen-bond acceptors (Lipinski definition) is 3. The first kappa shape index (κ1) is 22.6. The number of allylic oxidation sites excluding steroid dienone is 4. The van der Waals surface area contributed by atoms with Gasteiger partial charge in [-0.3, -0.25) is 0 Å². The van der Waals surface area contributed by atoms with E-state index in [1.54, 1.807) is 11.1 Å². The molecule has 0 aliphatic heterocycles. The van der Waals surface area contributed by atoms with Gasteiger partial charge in [0, 0.05) is 18.0 Å². The van der Waals surface area contributed by atoms with Gasteiger partial charge in [-0.05, 0) is 108 Å². The quantitative estimate of drug-likeness (QED) is 0.706. The molecule has 3 nitrogen and oxygen atoms in total. The van der Waals surface area contributed by atoms with Crippen molar-refractivity contribution >= 4 is 0 Å². The summed E-state index contributed by atoms with van der Waals surface area (Å²) < 4.78 is 0. The fourth-order valence-corrected chi connectivity index (χ4v) is 8.45. The molecule has 0 bridgehead atoms. The maximum atomic E-state index is 11.3. The fraction of sp³-hybridized carbons (Fsp3) is 0.852. The molecule has 0 spiro atoms. The lowest BCUT2D eigenvalue weighted by Gasteiger charge is -2.53. The predicted molar refractivity (Wildman–Crippen MR) is 126 cm³/mol. The molecule has 1 N–H and O–H groups in total. The van der Waals surface area contributed by atoms with Crippen LogP contribution in [-0.4, -0.2) is 61.3 Å². The van der Waals surface area contributed by atoms with Crippen molar-refractivity contribution in [2.75, 3.05) is 28.2 Å². The summed E-state index contributed by atoms with van der Waals surface area (Å²) >= 11 is 0. The van der Waals surface area contributed by atoms with Gasteiger partial charge in [0.15, 0.2) is 0 Å². The molecule has 9 atom stereocenters. The number of rotatable bonds is 3. The summed E-state index contributed by atoms with van der Waals surface area (Å²) in [6.45, 7) is 9.83. The zero-order chi connectivity index (χ0) is 22.0. The third-order valence-corrected chi connectivity index (χ3v) is 10.6. The van der Waals surface area contributed by atoms with Gasteiger partial charge in [0.05, 0.1) is 6.10 Å². The Balaban J connectivity index is 1.67. The van der Waals surface area contributed by atoms with E-state index < -0.39 is 0 Å². The third-order valence-electron chi connectivity index (χ3n) is 10.6. The summed E-state index contributed by atoms with van der Waals surface area (Å²) in [5.74, 6) is 2.39. The molecule has 4 rings (SSSR count). The first-order chi connectivity index (χ1) is 14.0. The van der Waals surface area contributed by atoms with Crippen LogP contribution in [-0.2, 0) is 0 Å². The van der Waals surface area contributed by atoms with Crippen LogP contribution in [0.4, 0.5) is 0 Å². The molecule has 0 heterocycles. The first-order valence-electron chi connectivity index (χ1n) is 12.4. The minimum Gasteiger partial charge on any atom is -0.393 e. The van der Waals surface area contributed by atoms with Crippen molar-refractivity contribution in [2.24, 2.45) is 34.5 Å². The molecule has 170 valence electrons. The standard InChI is InChI=1S/C27H46N2O/c1-17-21-10-11-22-20(15-19(21)9-12-23(17)29(7)8)13-14-26(3)25(18(2)28(5)6)24(30)16-27(22,26)4/h13,15,17-18,21-25,30H,9-12,14,16H2,1-8H3/t17-,18-,21+,22-,23+,24-,25+,26-,27+/m1/s1. The van der Waals surface area contributed by atoms with Crippen LogP contribution in [0.25, 0.3) is 0 Å². The molecule has 0 aromatic rings. The summed E-state index contributed by atoms with van der Waals surface area (Å²) in [5, 5.41) is 11.3. The molecule has 3 heteroatoms. The smallest absolute Gasteiger partial charge is 0.0594 e. The largest absolute Gasteiger partial charge is 0.393 e. The van der Waals surface area contributed by atoms with Crippen LogP contribution < -0.4 is 0 Å². The van der Waals surface area contributed by atoms with Crippen LogP contribution in [0.5, 0.6) is 0 Å². The van der Waals surface area contributed by atoms with Crippen LogP contribution in [0, 0.1) is 34.5 Å². The molecule has 30 heavy (non-hydrogen) atoms. The van der Waals surface area contributed by atoms with Gasteiger partial charge in [0.1, 0.15) is 0 Å². The zero-order valence-corrected chi connectivity index (χ0v) is 20.8. The van der Waals surface area contributed by atoms with Crippen LogP contribution in [0.3, 0.4) is 0 Å². The molecular formula is C27H46N2O. The van der Waals surface area contributed by atoms with Crippen molar-refractivity contribution in [2.45, 2.75) is 84.4 Å². The molecule has 2 saturated carbocycles. The summed E-state index contributed by atoms with van der Waals surface area (Å²) in [6.07, 6.45) is 12.2. The van der Waals surface area contributed by atoms with Crippen molar-refractivity contribution in [3.8, 4) is 0 Å². The van der Waals surface area contributed by atoms with E-state index in [2.05, 4.69) is 77.8 Å². The van der Waals surface area contributed by atoms with Gasteiger partial charge in [-0.25, -0.2) is 0 Å². The van der Waals surface area contributed by atoms with E-state index in [0.717, 1.165) is 24.7 Å². The van der Waals surface area contributed by atoms with Crippen LogP contribution in [0.15, 0.2) is 23.3 Å². The van der Waals surface area contributed by atoms with E-state index in [0.29, 0.717) is 23.9 Å². The Hall–Kier alpha value is -0.640. The van der Waals surface area contributed by atoms with Crippen molar-refractivity contribution < 1.29 is 5.11 Å². The highest BCUT2D eigenvalue weighted by Crippen LogP contribution is 2.67. The minimum absolute atomic E-state index is 0.163. The molecule has 4 aliphatic rings. The molecule has 0 aromatic heterocycles. The molecule has 4 aliphatic carbocycles. The molecule has 0 saturated heterocycles. The van der Waals surface area contributed by atoms with E-state index >= 15 is 0 Å². The highest BCUT2D eigenvalue weighted by Gasteiger charge is 2.64. The van der Waals surface area contributed by atoms with E-state index in [-0.39, 0.29) is 16.9 Å². The Kier molecular flexibility index (Phi) is 5.82. The maximum Gasteiger partial charge on any atom is 0.0594 e. The Morgan fingerprint density at radius 2 is 1.77 bits per heavy atom. The Morgan fingerprint density at radius 1 is 1.07 bits per heavy atom. The Labute approximate surface area is 185 Å². The molecule has 0 unspecified atom stereocenters. The number of aliphatic hydroxyl groups is 1. The maximum absolute atomic E-state index is 11.3. The second-order valence-corrected chi connectivity index (χ2v) is 12.1. The molecule has 0 aromatic carbocycles. The average molecular weight is 415 g/mol. The second-order valence-electron chi connectivity index (χ2n) is 12.1. The van der Waals surface area contributed by atoms with Gasteiger partial charge < -0.3 is 14.9 Å². The lowest BCUT2D eigenvalue weighted by Crippen LogP contribution is -2.50. The van der Waals surface area contributed by atoms with Crippen molar-refractivity contribution in [1.29, 1.82) is 0 Å². The van der Waals surface area contributed by atoms with Gasteiger partial charge >= 0.3 is 0 Å². The van der Waals surface area contributed by atoms with Crippen molar-refractivity contribution in [3.05, 3.63) is 23.3 Å². The first-order valence-corrected chi connectivity index (χ1v) is 12.4. The average Bonchev–Trinajstić information content (AvgIpc) is 2.79. The zero-order valence-electron chi connectivity index (χ0n) is 20.8. The molecular weight excluding hydrogens is 368 g/mol. The SMILES string of the molecule is C[C@@H]1[C@@H]2CC[C@@H]3C(=CC[C@]4(C)[C@@H]([C@@H](C)N(C)C)[C@H](O)C[C@@]34C)C=C2CC[C@@H]1N(C)C. The summed E-state index contributed by atoms with van der Waals surface area (Å²) in [5.41, 5.74) is 3.67. The van der Waals surface area contributed by atoms with E-state index in [1.165, 1.54) is 25.7 Å². The summed E-state index contributed by atoms with van der Waals surface area (Å²) in [4.78, 5) is 4.77. The van der Waals surface area contributed by atoms with Gasteiger partial charge in [-0.15, -0.1) is 0 Å². The topological polar surface area (TPSA) is 26.7 Å². The van der Waals surface area contributed by atoms with Gasteiger partial charge in [-0.2, -0.15) is 0 Å². The summed E-state index contributed by atoms with van der Waals surface area (Å²) in [7, 11) is 8.86. The van der Waals surface area contributed by atoms with E-state index in [9.17, 15) is 5.11 Å². The predicted octanol–water partition coefficient (Wildman–Crippen LogP) is 4.97. The van der Waals surface area contributed by atoms with Gasteiger partial charge in [0.25, 0.3) is 0 Å².